The Bertz CT molecular complexity index is 682. The lowest BCUT2D eigenvalue weighted by Gasteiger charge is -2.33. The first-order chi connectivity index (χ1) is 11.2. The summed E-state index contributed by atoms with van der Waals surface area (Å²) in [5.41, 5.74) is 2.38. The average Bonchev–Trinajstić information content (AvgIpc) is 3.30. The van der Waals surface area contributed by atoms with Crippen molar-refractivity contribution in [1.82, 2.24) is 19.7 Å². The number of ether oxygens (including phenoxy) is 1. The molecular weight excluding hydrogens is 297 g/mol. The summed E-state index contributed by atoms with van der Waals surface area (Å²) in [6, 6.07) is 0. The van der Waals surface area contributed by atoms with Gasteiger partial charge in [-0.25, -0.2) is 14.4 Å². The van der Waals surface area contributed by atoms with Gasteiger partial charge in [-0.15, -0.1) is 0 Å². The number of hydrogen-bond donors (Lipinski definition) is 0. The molecule has 0 bridgehead atoms. The predicted octanol–water partition coefficient (Wildman–Crippen LogP) is 1.88. The fraction of sp³-hybridized carbons (Fsp3) is 0.562. The van der Waals surface area contributed by atoms with Gasteiger partial charge in [0.05, 0.1) is 30.9 Å². The van der Waals surface area contributed by atoms with E-state index in [0.29, 0.717) is 19.1 Å². The van der Waals surface area contributed by atoms with E-state index in [2.05, 4.69) is 20.0 Å². The van der Waals surface area contributed by atoms with Crippen LogP contribution in [0.2, 0.25) is 0 Å². The molecule has 6 nitrogen and oxygen atoms in total. The molecule has 4 rings (SSSR count). The van der Waals surface area contributed by atoms with Crippen LogP contribution in [0.3, 0.4) is 0 Å². The number of nitrogens with zero attached hydrogens (tertiary/aromatic N) is 5. The van der Waals surface area contributed by atoms with Crippen molar-refractivity contribution < 1.29 is 9.13 Å². The van der Waals surface area contributed by atoms with Crippen LogP contribution in [0.25, 0.3) is 0 Å². The smallest absolute Gasteiger partial charge is 0.225 e. The van der Waals surface area contributed by atoms with E-state index in [1.807, 2.05) is 17.9 Å². The predicted molar refractivity (Wildman–Crippen MR) is 82.5 cm³/mol. The van der Waals surface area contributed by atoms with Crippen molar-refractivity contribution in [2.24, 2.45) is 13.0 Å². The SMILES string of the molecule is Cn1ncc2c1[C@H](COCC1CC1)CN(c1ncc(F)cn1)C2. The van der Waals surface area contributed by atoms with Crippen molar-refractivity contribution in [3.05, 3.63) is 35.7 Å². The van der Waals surface area contributed by atoms with Crippen LogP contribution in [-0.2, 0) is 18.3 Å². The molecule has 0 radical (unpaired) electrons. The van der Waals surface area contributed by atoms with Crippen molar-refractivity contribution in [2.75, 3.05) is 24.7 Å². The van der Waals surface area contributed by atoms with Gasteiger partial charge >= 0.3 is 0 Å². The highest BCUT2D eigenvalue weighted by Crippen LogP contribution is 2.32. The Morgan fingerprint density at radius 1 is 1.22 bits per heavy atom. The van der Waals surface area contributed by atoms with Crippen LogP contribution in [0.4, 0.5) is 10.3 Å². The summed E-state index contributed by atoms with van der Waals surface area (Å²) >= 11 is 0. The van der Waals surface area contributed by atoms with Crippen LogP contribution < -0.4 is 4.90 Å². The number of hydrogen-bond acceptors (Lipinski definition) is 5. The number of aryl methyl sites for hydroxylation is 1. The number of anilines is 1. The van der Waals surface area contributed by atoms with Crippen LogP contribution >= 0.6 is 0 Å². The van der Waals surface area contributed by atoms with E-state index in [1.54, 1.807) is 0 Å². The van der Waals surface area contributed by atoms with Gasteiger partial charge in [0.2, 0.25) is 5.95 Å². The van der Waals surface area contributed by atoms with Crippen LogP contribution in [0.1, 0.15) is 30.0 Å². The third-order valence-corrected chi connectivity index (χ3v) is 4.51. The van der Waals surface area contributed by atoms with Crippen molar-refractivity contribution in [1.29, 1.82) is 0 Å². The van der Waals surface area contributed by atoms with Crippen LogP contribution in [-0.4, -0.2) is 39.5 Å². The summed E-state index contributed by atoms with van der Waals surface area (Å²) in [5, 5.41) is 4.38. The van der Waals surface area contributed by atoms with Crippen molar-refractivity contribution in [2.45, 2.75) is 25.3 Å². The summed E-state index contributed by atoms with van der Waals surface area (Å²) in [4.78, 5) is 10.3. The molecular formula is C16H20FN5O. The quantitative estimate of drug-likeness (QED) is 0.843. The highest BCUT2D eigenvalue weighted by atomic mass is 19.1. The van der Waals surface area contributed by atoms with Gasteiger partial charge in [-0.1, -0.05) is 0 Å². The molecule has 1 fully saturated rings. The van der Waals surface area contributed by atoms with Gasteiger partial charge in [-0.3, -0.25) is 4.68 Å². The minimum Gasteiger partial charge on any atom is -0.380 e. The monoisotopic (exact) mass is 317 g/mol. The van der Waals surface area contributed by atoms with Crippen molar-refractivity contribution >= 4 is 5.95 Å². The molecule has 0 aromatic carbocycles. The minimum absolute atomic E-state index is 0.221. The van der Waals surface area contributed by atoms with Gasteiger partial charge in [-0.05, 0) is 18.8 Å². The zero-order valence-corrected chi connectivity index (χ0v) is 13.2. The van der Waals surface area contributed by atoms with Gasteiger partial charge in [0.25, 0.3) is 0 Å². The first-order valence-corrected chi connectivity index (χ1v) is 8.01. The van der Waals surface area contributed by atoms with E-state index in [9.17, 15) is 4.39 Å². The van der Waals surface area contributed by atoms with Crippen molar-refractivity contribution in [3.63, 3.8) is 0 Å². The summed E-state index contributed by atoms with van der Waals surface area (Å²) in [5.74, 6) is 1.10. The Hall–Kier alpha value is -2.02. The molecule has 2 aromatic heterocycles. The summed E-state index contributed by atoms with van der Waals surface area (Å²) in [7, 11) is 1.97. The molecule has 0 amide bonds. The highest BCUT2D eigenvalue weighted by molar-refractivity contribution is 5.38. The summed E-state index contributed by atoms with van der Waals surface area (Å²) in [6.45, 7) is 2.95. The molecule has 23 heavy (non-hydrogen) atoms. The standard InChI is InChI=1S/C16H20FN5O/c1-21-15-12(4-20-21)7-22(16-18-5-14(17)6-19-16)8-13(15)10-23-9-11-2-3-11/h4-6,11,13H,2-3,7-10H2,1H3/t13-/m0/s1. The molecule has 0 spiro atoms. The topological polar surface area (TPSA) is 56.1 Å². The van der Waals surface area contributed by atoms with Crippen LogP contribution in [0.5, 0.6) is 0 Å². The number of rotatable bonds is 5. The summed E-state index contributed by atoms with van der Waals surface area (Å²) < 4.78 is 20.9. The van der Waals surface area contributed by atoms with E-state index in [4.69, 9.17) is 4.74 Å². The Morgan fingerprint density at radius 3 is 2.74 bits per heavy atom. The van der Waals surface area contributed by atoms with Crippen LogP contribution in [0.15, 0.2) is 18.6 Å². The van der Waals surface area contributed by atoms with Gasteiger partial charge in [0, 0.05) is 38.2 Å². The molecule has 1 aliphatic carbocycles. The largest absolute Gasteiger partial charge is 0.380 e. The zero-order valence-electron chi connectivity index (χ0n) is 13.2. The van der Waals surface area contributed by atoms with Gasteiger partial charge < -0.3 is 9.64 Å². The van der Waals surface area contributed by atoms with Crippen molar-refractivity contribution in [3.8, 4) is 0 Å². The van der Waals surface area contributed by atoms with E-state index >= 15 is 0 Å². The Balaban J connectivity index is 1.53. The molecule has 122 valence electrons. The molecule has 7 heteroatoms. The first kappa shape index (κ1) is 14.6. The maximum absolute atomic E-state index is 13.0. The Kier molecular flexibility index (Phi) is 3.72. The Morgan fingerprint density at radius 2 is 2.00 bits per heavy atom. The van der Waals surface area contributed by atoms with E-state index in [-0.39, 0.29) is 5.92 Å². The fourth-order valence-electron chi connectivity index (χ4n) is 3.18. The first-order valence-electron chi connectivity index (χ1n) is 8.01. The summed E-state index contributed by atoms with van der Waals surface area (Å²) in [6.07, 6.45) is 6.88. The molecule has 2 aliphatic rings. The lowest BCUT2D eigenvalue weighted by Crippen LogP contribution is -2.37. The molecule has 0 N–H and O–H groups in total. The van der Waals surface area contributed by atoms with E-state index < -0.39 is 5.82 Å². The second kappa shape index (κ2) is 5.88. The normalized spacial score (nSPS) is 20.6. The Labute approximate surface area is 134 Å². The lowest BCUT2D eigenvalue weighted by molar-refractivity contribution is 0.108. The molecule has 0 unspecified atom stereocenters. The number of aromatic nitrogens is 4. The van der Waals surface area contributed by atoms with E-state index in [0.717, 1.165) is 24.6 Å². The average molecular weight is 317 g/mol. The minimum atomic E-state index is -0.419. The second-order valence-electron chi connectivity index (χ2n) is 6.44. The maximum atomic E-state index is 13.0. The molecule has 1 aliphatic heterocycles. The second-order valence-corrected chi connectivity index (χ2v) is 6.44. The zero-order chi connectivity index (χ0) is 15.8. The van der Waals surface area contributed by atoms with E-state index in [1.165, 1.54) is 30.9 Å². The van der Waals surface area contributed by atoms with Gasteiger partial charge in [0.1, 0.15) is 0 Å². The third kappa shape index (κ3) is 3.06. The van der Waals surface area contributed by atoms with Gasteiger partial charge in [-0.2, -0.15) is 5.10 Å². The molecule has 2 aromatic rings. The maximum Gasteiger partial charge on any atom is 0.225 e. The molecule has 3 heterocycles. The lowest BCUT2D eigenvalue weighted by atomic mass is 9.97. The highest BCUT2D eigenvalue weighted by Gasteiger charge is 2.31. The number of halogens is 1. The molecule has 1 atom stereocenters. The van der Waals surface area contributed by atoms with Gasteiger partial charge in [0.15, 0.2) is 5.82 Å². The number of fused-ring (bicyclic) bond motifs is 1. The molecule has 1 saturated carbocycles. The molecule has 0 saturated heterocycles. The third-order valence-electron chi connectivity index (χ3n) is 4.51. The fourth-order valence-corrected chi connectivity index (χ4v) is 3.18. The van der Waals surface area contributed by atoms with Crippen LogP contribution in [0, 0.1) is 11.7 Å².